The van der Waals surface area contributed by atoms with Gasteiger partial charge in [-0.2, -0.15) is 0 Å². The summed E-state index contributed by atoms with van der Waals surface area (Å²) in [6.07, 6.45) is 0. The van der Waals surface area contributed by atoms with E-state index in [0.29, 0.717) is 24.0 Å². The molecule has 0 fully saturated rings. The fraction of sp³-hybridized carbons (Fsp3) is 0.533. The second-order valence-electron chi connectivity index (χ2n) is 4.61. The van der Waals surface area contributed by atoms with Crippen molar-refractivity contribution in [1.82, 2.24) is 5.32 Å². The third-order valence-electron chi connectivity index (χ3n) is 2.74. The van der Waals surface area contributed by atoms with Crippen molar-refractivity contribution in [1.29, 1.82) is 0 Å². The van der Waals surface area contributed by atoms with E-state index >= 15 is 0 Å². The van der Waals surface area contributed by atoms with Gasteiger partial charge in [-0.05, 0) is 25.0 Å². The predicted molar refractivity (Wildman–Crippen MR) is 80.9 cm³/mol. The minimum Gasteiger partial charge on any atom is -0.384 e. The highest BCUT2D eigenvalue weighted by atomic mass is 32.1. The smallest absolute Gasteiger partial charge is 0.261 e. The fourth-order valence-corrected chi connectivity index (χ4v) is 2.32. The molecule has 1 unspecified atom stereocenters. The zero-order valence-corrected chi connectivity index (χ0v) is 12.9. The lowest BCUT2D eigenvalue weighted by molar-refractivity contribution is 0.0809. The molecule has 20 heavy (non-hydrogen) atoms. The Morgan fingerprint density at radius 3 is 2.85 bits per heavy atom. The Bertz CT molecular complexity index is 485. The topological polar surface area (TPSA) is 58.6 Å². The van der Waals surface area contributed by atoms with Crippen LogP contribution in [0.3, 0.4) is 0 Å². The standard InChI is InChI=1S/C15H21NO3S/c1-4-19-10-13(11(2)3)16-15(18)14-8-7-12(20-14)6-5-9-17/h7-8,11,13,17H,4,9-10H2,1-3H3,(H,16,18). The number of aliphatic hydroxyl groups is 1. The first-order chi connectivity index (χ1) is 9.58. The van der Waals surface area contributed by atoms with Crippen molar-refractivity contribution in [3.63, 3.8) is 0 Å². The van der Waals surface area contributed by atoms with E-state index in [0.717, 1.165) is 4.88 Å². The van der Waals surface area contributed by atoms with Gasteiger partial charge in [-0.1, -0.05) is 25.7 Å². The molecular formula is C15H21NO3S. The molecule has 1 aromatic heterocycles. The summed E-state index contributed by atoms with van der Waals surface area (Å²) in [6, 6.07) is 3.53. The Morgan fingerprint density at radius 1 is 1.50 bits per heavy atom. The molecule has 0 spiro atoms. The van der Waals surface area contributed by atoms with Crippen LogP contribution in [0.4, 0.5) is 0 Å². The molecule has 0 saturated heterocycles. The van der Waals surface area contributed by atoms with Gasteiger partial charge in [0.2, 0.25) is 0 Å². The number of rotatable bonds is 6. The number of carbonyl (C=O) groups excluding carboxylic acids is 1. The summed E-state index contributed by atoms with van der Waals surface area (Å²) in [5, 5.41) is 11.6. The highest BCUT2D eigenvalue weighted by Crippen LogP contribution is 2.16. The summed E-state index contributed by atoms with van der Waals surface area (Å²) in [7, 11) is 0. The lowest BCUT2D eigenvalue weighted by atomic mass is 10.1. The molecule has 0 aromatic carbocycles. The van der Waals surface area contributed by atoms with Crippen molar-refractivity contribution in [2.75, 3.05) is 19.8 Å². The third-order valence-corrected chi connectivity index (χ3v) is 3.74. The SMILES string of the molecule is CCOCC(NC(=O)c1ccc(C#CCO)s1)C(C)C. The highest BCUT2D eigenvalue weighted by molar-refractivity contribution is 7.14. The zero-order valence-electron chi connectivity index (χ0n) is 12.1. The molecule has 1 aromatic rings. The van der Waals surface area contributed by atoms with Crippen molar-refractivity contribution < 1.29 is 14.6 Å². The molecule has 1 atom stereocenters. The van der Waals surface area contributed by atoms with Gasteiger partial charge in [-0.15, -0.1) is 11.3 Å². The van der Waals surface area contributed by atoms with Crippen molar-refractivity contribution in [3.8, 4) is 11.8 Å². The average molecular weight is 295 g/mol. The van der Waals surface area contributed by atoms with E-state index in [4.69, 9.17) is 9.84 Å². The second-order valence-corrected chi connectivity index (χ2v) is 5.69. The molecule has 1 heterocycles. The van der Waals surface area contributed by atoms with Crippen molar-refractivity contribution in [3.05, 3.63) is 21.9 Å². The molecule has 0 bridgehead atoms. The van der Waals surface area contributed by atoms with Crippen LogP contribution in [0.25, 0.3) is 0 Å². The number of aliphatic hydroxyl groups excluding tert-OH is 1. The van der Waals surface area contributed by atoms with Crippen molar-refractivity contribution >= 4 is 17.2 Å². The number of carbonyl (C=O) groups is 1. The number of hydrogen-bond acceptors (Lipinski definition) is 4. The molecule has 4 nitrogen and oxygen atoms in total. The number of ether oxygens (including phenoxy) is 1. The summed E-state index contributed by atoms with van der Waals surface area (Å²) in [4.78, 5) is 13.5. The van der Waals surface area contributed by atoms with Gasteiger partial charge in [0.15, 0.2) is 0 Å². The van der Waals surface area contributed by atoms with E-state index in [1.165, 1.54) is 11.3 Å². The normalized spacial score (nSPS) is 11.8. The molecule has 0 saturated carbocycles. The maximum Gasteiger partial charge on any atom is 0.261 e. The van der Waals surface area contributed by atoms with Crippen LogP contribution in [-0.2, 0) is 4.74 Å². The molecule has 0 aliphatic rings. The van der Waals surface area contributed by atoms with Crippen LogP contribution in [0.5, 0.6) is 0 Å². The average Bonchev–Trinajstić information content (AvgIpc) is 2.89. The lowest BCUT2D eigenvalue weighted by Crippen LogP contribution is -2.41. The largest absolute Gasteiger partial charge is 0.384 e. The van der Waals surface area contributed by atoms with Gasteiger partial charge in [-0.3, -0.25) is 4.79 Å². The van der Waals surface area contributed by atoms with Crippen LogP contribution in [0.15, 0.2) is 12.1 Å². The van der Waals surface area contributed by atoms with E-state index in [2.05, 4.69) is 31.0 Å². The van der Waals surface area contributed by atoms with Gasteiger partial charge >= 0.3 is 0 Å². The Hall–Kier alpha value is -1.35. The zero-order chi connectivity index (χ0) is 15.0. The first-order valence-electron chi connectivity index (χ1n) is 6.66. The number of amides is 1. The van der Waals surface area contributed by atoms with E-state index in [1.807, 2.05) is 6.92 Å². The van der Waals surface area contributed by atoms with Crippen LogP contribution in [-0.4, -0.2) is 36.9 Å². The molecule has 2 N–H and O–H groups in total. The van der Waals surface area contributed by atoms with Crippen LogP contribution in [0, 0.1) is 17.8 Å². The Kier molecular flexibility index (Phi) is 7.31. The third kappa shape index (κ3) is 5.33. The van der Waals surface area contributed by atoms with Gasteiger partial charge in [0.1, 0.15) is 6.61 Å². The maximum atomic E-state index is 12.2. The van der Waals surface area contributed by atoms with Gasteiger partial charge in [0, 0.05) is 6.61 Å². The summed E-state index contributed by atoms with van der Waals surface area (Å²) in [5.74, 6) is 5.56. The van der Waals surface area contributed by atoms with E-state index in [9.17, 15) is 4.79 Å². The number of hydrogen-bond donors (Lipinski definition) is 2. The summed E-state index contributed by atoms with van der Waals surface area (Å²) in [5.41, 5.74) is 0. The Balaban J connectivity index is 2.66. The van der Waals surface area contributed by atoms with Crippen LogP contribution in [0.2, 0.25) is 0 Å². The molecule has 1 rings (SSSR count). The van der Waals surface area contributed by atoms with Crippen LogP contribution < -0.4 is 5.32 Å². The summed E-state index contributed by atoms with van der Waals surface area (Å²) < 4.78 is 5.39. The predicted octanol–water partition coefficient (Wildman–Crippen LogP) is 1.88. The van der Waals surface area contributed by atoms with Crippen LogP contribution in [0.1, 0.15) is 35.3 Å². The Morgan fingerprint density at radius 2 is 2.25 bits per heavy atom. The molecule has 0 aliphatic carbocycles. The minimum atomic E-state index is -0.177. The summed E-state index contributed by atoms with van der Waals surface area (Å²) in [6.45, 7) is 7.02. The first-order valence-corrected chi connectivity index (χ1v) is 7.48. The van der Waals surface area contributed by atoms with Gasteiger partial charge in [0.25, 0.3) is 5.91 Å². The molecule has 1 amide bonds. The number of thiophene rings is 1. The lowest BCUT2D eigenvalue weighted by Gasteiger charge is -2.21. The second kappa shape index (κ2) is 8.75. The molecular weight excluding hydrogens is 274 g/mol. The van der Waals surface area contributed by atoms with Gasteiger partial charge in [-0.25, -0.2) is 0 Å². The fourth-order valence-electron chi connectivity index (χ4n) is 1.54. The molecule has 110 valence electrons. The quantitative estimate of drug-likeness (QED) is 0.788. The molecule has 0 radical (unpaired) electrons. The number of nitrogens with one attached hydrogen (secondary N) is 1. The van der Waals surface area contributed by atoms with Gasteiger partial charge < -0.3 is 15.2 Å². The van der Waals surface area contributed by atoms with E-state index < -0.39 is 0 Å². The summed E-state index contributed by atoms with van der Waals surface area (Å²) >= 11 is 1.32. The first kappa shape index (κ1) is 16.7. The van der Waals surface area contributed by atoms with E-state index in [1.54, 1.807) is 12.1 Å². The monoisotopic (exact) mass is 295 g/mol. The molecule has 0 aliphatic heterocycles. The van der Waals surface area contributed by atoms with Crippen molar-refractivity contribution in [2.24, 2.45) is 5.92 Å². The van der Waals surface area contributed by atoms with Crippen molar-refractivity contribution in [2.45, 2.75) is 26.8 Å². The highest BCUT2D eigenvalue weighted by Gasteiger charge is 2.18. The van der Waals surface area contributed by atoms with Gasteiger partial charge in [0.05, 0.1) is 22.4 Å². The Labute approximate surface area is 124 Å². The molecule has 5 heteroatoms. The maximum absolute atomic E-state index is 12.2. The van der Waals surface area contributed by atoms with Crippen LogP contribution >= 0.6 is 11.3 Å². The minimum absolute atomic E-state index is 0.00322. The van der Waals surface area contributed by atoms with E-state index in [-0.39, 0.29) is 18.6 Å².